The van der Waals surface area contributed by atoms with Crippen LogP contribution >= 0.6 is 0 Å². The molecule has 1 saturated heterocycles. The van der Waals surface area contributed by atoms with Gasteiger partial charge in [-0.15, -0.1) is 0 Å². The minimum absolute atomic E-state index is 0.140. The molecule has 1 aliphatic rings. The van der Waals surface area contributed by atoms with Gasteiger partial charge in [-0.25, -0.2) is 4.99 Å². The summed E-state index contributed by atoms with van der Waals surface area (Å²) < 4.78 is 0. The van der Waals surface area contributed by atoms with E-state index in [1.807, 2.05) is 80.7 Å². The van der Waals surface area contributed by atoms with Crippen LogP contribution in [0.25, 0.3) is 5.57 Å². The number of aromatic nitrogens is 1. The highest BCUT2D eigenvalue weighted by Crippen LogP contribution is 2.22. The minimum atomic E-state index is -0.140. The third kappa shape index (κ3) is 7.71. The number of hydrogen-bond acceptors (Lipinski definition) is 6. The molecule has 0 bridgehead atoms. The van der Waals surface area contributed by atoms with Crippen LogP contribution in [0, 0.1) is 6.92 Å². The van der Waals surface area contributed by atoms with Crippen molar-refractivity contribution >= 4 is 29.1 Å². The van der Waals surface area contributed by atoms with Crippen molar-refractivity contribution in [3.8, 4) is 0 Å². The number of amides is 1. The monoisotopic (exact) mass is 508 g/mol. The van der Waals surface area contributed by atoms with Crippen molar-refractivity contribution in [3.63, 3.8) is 0 Å². The average Bonchev–Trinajstić information content (AvgIpc) is 2.92. The number of allylic oxidation sites excluding steroid dienone is 2. The second-order valence-corrected chi connectivity index (χ2v) is 9.70. The molecule has 196 valence electrons. The number of carbonyl (C=O) groups is 1. The smallest absolute Gasteiger partial charge is 0.255 e. The van der Waals surface area contributed by atoms with E-state index in [1.165, 1.54) is 5.56 Å². The molecule has 3 aromatic rings. The van der Waals surface area contributed by atoms with Gasteiger partial charge < -0.3 is 15.5 Å². The van der Waals surface area contributed by atoms with Gasteiger partial charge in [-0.2, -0.15) is 0 Å². The SMILES string of the molecule is C=C(/N=C\C=C(/C)c1cccnc1)Nc1cc(NC(=O)c2ccc(CN3CCN(C)CC3)cc2)ccc1C. The van der Waals surface area contributed by atoms with E-state index < -0.39 is 0 Å². The molecule has 38 heavy (non-hydrogen) atoms. The maximum absolute atomic E-state index is 12.9. The number of pyridine rings is 1. The maximum atomic E-state index is 12.9. The van der Waals surface area contributed by atoms with Crippen LogP contribution in [-0.4, -0.2) is 60.1 Å². The van der Waals surface area contributed by atoms with Crippen molar-refractivity contribution in [3.05, 3.63) is 108 Å². The Kier molecular flexibility index (Phi) is 9.19. The van der Waals surface area contributed by atoms with E-state index in [0.717, 1.165) is 55.1 Å². The van der Waals surface area contributed by atoms with Crippen LogP contribution in [0.4, 0.5) is 11.4 Å². The number of nitrogens with one attached hydrogen (secondary N) is 2. The summed E-state index contributed by atoms with van der Waals surface area (Å²) in [6, 6.07) is 17.5. The Bertz CT molecular complexity index is 1310. The summed E-state index contributed by atoms with van der Waals surface area (Å²) in [6.45, 7) is 13.3. The second-order valence-electron chi connectivity index (χ2n) is 9.70. The molecule has 4 rings (SSSR count). The molecular formula is C31H36N6O. The molecule has 0 aliphatic carbocycles. The normalized spacial score (nSPS) is 15.0. The first-order valence-electron chi connectivity index (χ1n) is 12.9. The molecule has 0 radical (unpaired) electrons. The van der Waals surface area contributed by atoms with E-state index in [-0.39, 0.29) is 5.91 Å². The molecule has 2 aromatic carbocycles. The van der Waals surface area contributed by atoms with Crippen molar-refractivity contribution in [2.75, 3.05) is 43.9 Å². The molecule has 2 heterocycles. The average molecular weight is 509 g/mol. The van der Waals surface area contributed by atoms with Crippen LogP contribution < -0.4 is 10.6 Å². The molecular weight excluding hydrogens is 472 g/mol. The molecule has 0 saturated carbocycles. The van der Waals surface area contributed by atoms with Crippen molar-refractivity contribution in [1.82, 2.24) is 14.8 Å². The predicted molar refractivity (Wildman–Crippen MR) is 157 cm³/mol. The van der Waals surface area contributed by atoms with Gasteiger partial charge in [0, 0.05) is 68.3 Å². The van der Waals surface area contributed by atoms with Crippen LogP contribution in [0.2, 0.25) is 0 Å². The molecule has 1 aromatic heterocycles. The van der Waals surface area contributed by atoms with E-state index in [4.69, 9.17) is 0 Å². The number of likely N-dealkylation sites (N-methyl/N-ethyl adjacent to an activating group) is 1. The molecule has 1 aliphatic heterocycles. The minimum Gasteiger partial charge on any atom is -0.340 e. The lowest BCUT2D eigenvalue weighted by atomic mass is 10.1. The number of nitrogens with zero attached hydrogens (tertiary/aromatic N) is 4. The van der Waals surface area contributed by atoms with Crippen LogP contribution in [-0.2, 0) is 6.54 Å². The number of carbonyl (C=O) groups excluding carboxylic acids is 1. The number of hydrogen-bond donors (Lipinski definition) is 2. The molecule has 0 unspecified atom stereocenters. The van der Waals surface area contributed by atoms with Crippen molar-refractivity contribution in [2.45, 2.75) is 20.4 Å². The Morgan fingerprint density at radius 1 is 1.05 bits per heavy atom. The molecule has 1 amide bonds. The van der Waals surface area contributed by atoms with Gasteiger partial charge in [0.05, 0.1) is 0 Å². The highest BCUT2D eigenvalue weighted by Gasteiger charge is 2.14. The summed E-state index contributed by atoms with van der Waals surface area (Å²) in [5.74, 6) is 0.363. The number of benzene rings is 2. The van der Waals surface area contributed by atoms with E-state index >= 15 is 0 Å². The van der Waals surface area contributed by atoms with Gasteiger partial charge >= 0.3 is 0 Å². The number of rotatable bonds is 9. The molecule has 7 nitrogen and oxygen atoms in total. The van der Waals surface area contributed by atoms with Crippen LogP contribution in [0.5, 0.6) is 0 Å². The fraction of sp³-hybridized carbons (Fsp3) is 0.258. The fourth-order valence-electron chi connectivity index (χ4n) is 4.18. The van der Waals surface area contributed by atoms with Gasteiger partial charge in [-0.3, -0.25) is 14.7 Å². The van der Waals surface area contributed by atoms with E-state index in [1.54, 1.807) is 12.4 Å². The first-order chi connectivity index (χ1) is 18.4. The summed E-state index contributed by atoms with van der Waals surface area (Å²) in [5.41, 5.74) is 6.51. The summed E-state index contributed by atoms with van der Waals surface area (Å²) in [6.07, 6.45) is 7.20. The number of anilines is 2. The van der Waals surface area contributed by atoms with Gasteiger partial charge in [0.2, 0.25) is 0 Å². The highest BCUT2D eigenvalue weighted by molar-refractivity contribution is 6.04. The maximum Gasteiger partial charge on any atom is 0.255 e. The summed E-state index contributed by atoms with van der Waals surface area (Å²) in [7, 11) is 2.16. The van der Waals surface area contributed by atoms with Gasteiger partial charge in [0.1, 0.15) is 5.82 Å². The molecule has 7 heteroatoms. The Morgan fingerprint density at radius 3 is 2.53 bits per heavy atom. The van der Waals surface area contributed by atoms with Gasteiger partial charge in [-0.05, 0) is 79.6 Å². The van der Waals surface area contributed by atoms with Crippen molar-refractivity contribution in [1.29, 1.82) is 0 Å². The number of piperazine rings is 1. The number of aryl methyl sites for hydroxylation is 1. The van der Waals surface area contributed by atoms with Gasteiger partial charge in [0.15, 0.2) is 0 Å². The molecule has 1 fully saturated rings. The summed E-state index contributed by atoms with van der Waals surface area (Å²) in [4.78, 5) is 26.2. The largest absolute Gasteiger partial charge is 0.340 e. The van der Waals surface area contributed by atoms with E-state index in [9.17, 15) is 4.79 Å². The Morgan fingerprint density at radius 2 is 1.82 bits per heavy atom. The first-order valence-corrected chi connectivity index (χ1v) is 12.9. The zero-order chi connectivity index (χ0) is 26.9. The molecule has 2 N–H and O–H groups in total. The lowest BCUT2D eigenvalue weighted by molar-refractivity contribution is 0.102. The summed E-state index contributed by atoms with van der Waals surface area (Å²) in [5, 5.41) is 6.24. The molecule has 0 spiro atoms. The second kappa shape index (κ2) is 12.9. The first kappa shape index (κ1) is 27.0. The van der Waals surface area contributed by atoms with E-state index in [2.05, 4.69) is 44.0 Å². The molecule has 0 atom stereocenters. The van der Waals surface area contributed by atoms with Gasteiger partial charge in [-0.1, -0.05) is 30.8 Å². The third-order valence-electron chi connectivity index (χ3n) is 6.66. The van der Waals surface area contributed by atoms with Crippen LogP contribution in [0.3, 0.4) is 0 Å². The Labute approximate surface area is 225 Å². The lowest BCUT2D eigenvalue weighted by Crippen LogP contribution is -2.43. The zero-order valence-corrected chi connectivity index (χ0v) is 22.4. The standard InChI is InChI=1S/C31H36N6O/c1-23(28-6-5-14-32-21-28)13-15-33-25(3)34-30-20-29(12-7-24(30)2)35-31(38)27-10-8-26(9-11-27)22-37-18-16-36(4)17-19-37/h5-15,20-21,34H,3,16-19,22H2,1-2,4H3,(H,35,38)/b23-13+,33-15-. The highest BCUT2D eigenvalue weighted by atomic mass is 16.1. The number of aliphatic imine (C=N–C) groups is 1. The zero-order valence-electron chi connectivity index (χ0n) is 22.4. The summed E-state index contributed by atoms with van der Waals surface area (Å²) >= 11 is 0. The quantitative estimate of drug-likeness (QED) is 0.376. The predicted octanol–water partition coefficient (Wildman–Crippen LogP) is 5.45. The fourth-order valence-corrected chi connectivity index (χ4v) is 4.18. The van der Waals surface area contributed by atoms with Crippen LogP contribution in [0.1, 0.15) is 34.0 Å². The Balaban J connectivity index is 1.33. The Hall–Kier alpha value is -4.07. The van der Waals surface area contributed by atoms with Gasteiger partial charge in [0.25, 0.3) is 5.91 Å². The van der Waals surface area contributed by atoms with E-state index in [0.29, 0.717) is 17.1 Å². The van der Waals surface area contributed by atoms with Crippen molar-refractivity contribution in [2.24, 2.45) is 4.99 Å². The van der Waals surface area contributed by atoms with Crippen molar-refractivity contribution < 1.29 is 4.79 Å². The van der Waals surface area contributed by atoms with Crippen LogP contribution in [0.15, 0.2) is 90.5 Å². The third-order valence-corrected chi connectivity index (χ3v) is 6.66. The topological polar surface area (TPSA) is 72.9 Å². The lowest BCUT2D eigenvalue weighted by Gasteiger charge is -2.32.